The normalized spacial score (nSPS) is 17.5. The van der Waals surface area contributed by atoms with Crippen molar-refractivity contribution in [2.24, 2.45) is 5.92 Å². The molecule has 1 aliphatic carbocycles. The van der Waals surface area contributed by atoms with Crippen LogP contribution in [-0.4, -0.2) is 40.3 Å². The highest BCUT2D eigenvalue weighted by molar-refractivity contribution is 6.31. The second-order valence-electron chi connectivity index (χ2n) is 7.72. The molecular formula is C22H20ClF2N5O5. The second-order valence-corrected chi connectivity index (χ2v) is 8.13. The predicted octanol–water partition coefficient (Wildman–Crippen LogP) is 4.50. The Morgan fingerprint density at radius 2 is 1.89 bits per heavy atom. The number of nitrogens with one attached hydrogen (secondary N) is 2. The summed E-state index contributed by atoms with van der Waals surface area (Å²) in [6.45, 7) is 0. The maximum atomic E-state index is 14.5. The predicted molar refractivity (Wildman–Crippen MR) is 120 cm³/mol. The number of ether oxygens (including phenoxy) is 2. The van der Waals surface area contributed by atoms with E-state index >= 15 is 0 Å². The minimum atomic E-state index is -0.960. The molecule has 1 aromatic carbocycles. The zero-order valence-electron chi connectivity index (χ0n) is 18.4. The summed E-state index contributed by atoms with van der Waals surface area (Å²) in [4.78, 5) is 27.7. The van der Waals surface area contributed by atoms with Gasteiger partial charge in [0.05, 0.1) is 23.7 Å². The Hall–Kier alpha value is -3.80. The molecule has 3 aromatic rings. The molecule has 0 atom stereocenters. The van der Waals surface area contributed by atoms with E-state index in [1.807, 2.05) is 0 Å². The van der Waals surface area contributed by atoms with Gasteiger partial charge in [0.2, 0.25) is 11.8 Å². The highest BCUT2D eigenvalue weighted by atomic mass is 35.5. The van der Waals surface area contributed by atoms with Crippen molar-refractivity contribution in [1.29, 1.82) is 0 Å². The fourth-order valence-electron chi connectivity index (χ4n) is 3.57. The summed E-state index contributed by atoms with van der Waals surface area (Å²) < 4.78 is 43.4. The Morgan fingerprint density at radius 3 is 2.57 bits per heavy atom. The van der Waals surface area contributed by atoms with Gasteiger partial charge in [0.1, 0.15) is 11.9 Å². The third-order valence-corrected chi connectivity index (χ3v) is 5.65. The number of benzene rings is 1. The topological polar surface area (TPSA) is 128 Å². The van der Waals surface area contributed by atoms with Gasteiger partial charge in [0, 0.05) is 11.8 Å². The van der Waals surface area contributed by atoms with Crippen molar-refractivity contribution in [2.45, 2.75) is 31.8 Å². The minimum Gasteiger partial charge on any atom is -0.474 e. The van der Waals surface area contributed by atoms with E-state index in [1.54, 1.807) is 0 Å². The Labute approximate surface area is 203 Å². The third kappa shape index (κ3) is 6.01. The molecule has 2 heterocycles. The van der Waals surface area contributed by atoms with Crippen LogP contribution < -0.4 is 15.4 Å². The summed E-state index contributed by atoms with van der Waals surface area (Å²) in [5.41, 5.74) is 0.145. The number of aromatic nitrogens is 3. The fraction of sp³-hybridized carbons (Fsp3) is 0.318. The van der Waals surface area contributed by atoms with Gasteiger partial charge in [-0.1, -0.05) is 16.7 Å². The number of nitrogens with zero attached hydrogens (tertiary/aromatic N) is 3. The number of pyridine rings is 1. The molecule has 1 fully saturated rings. The van der Waals surface area contributed by atoms with Crippen LogP contribution in [0.1, 0.15) is 36.4 Å². The lowest BCUT2D eigenvalue weighted by Gasteiger charge is -2.27. The number of amides is 1. The number of carbonyl (C=O) groups excluding carboxylic acids is 2. The maximum absolute atomic E-state index is 14.5. The SMILES string of the molecule is COC(=O)C1CCC(Oc2ccc(NC(=O)c3nnc(Nc4ccc(F)c(Cl)c4)o3)c(F)n2)CC1. The molecule has 0 saturated heterocycles. The molecule has 1 saturated carbocycles. The van der Waals surface area contributed by atoms with E-state index in [0.29, 0.717) is 31.4 Å². The van der Waals surface area contributed by atoms with Gasteiger partial charge in [-0.15, -0.1) is 5.10 Å². The first-order chi connectivity index (χ1) is 16.8. The van der Waals surface area contributed by atoms with Crippen molar-refractivity contribution >= 4 is 40.9 Å². The van der Waals surface area contributed by atoms with Crippen LogP contribution in [0.15, 0.2) is 34.7 Å². The zero-order chi connectivity index (χ0) is 24.9. The molecule has 2 aromatic heterocycles. The summed E-state index contributed by atoms with van der Waals surface area (Å²) in [6.07, 6.45) is 2.24. The van der Waals surface area contributed by atoms with Crippen LogP contribution in [0, 0.1) is 17.7 Å². The van der Waals surface area contributed by atoms with E-state index in [0.717, 1.165) is 6.07 Å². The summed E-state index contributed by atoms with van der Waals surface area (Å²) >= 11 is 5.72. The Kier molecular flexibility index (Phi) is 7.39. The van der Waals surface area contributed by atoms with Crippen LogP contribution in [0.4, 0.5) is 26.2 Å². The van der Waals surface area contributed by atoms with Gasteiger partial charge in [0.15, 0.2) is 0 Å². The van der Waals surface area contributed by atoms with Crippen molar-refractivity contribution in [3.8, 4) is 5.88 Å². The van der Waals surface area contributed by atoms with Gasteiger partial charge < -0.3 is 24.5 Å². The smallest absolute Gasteiger partial charge is 0.320 e. The molecule has 184 valence electrons. The summed E-state index contributed by atoms with van der Waals surface area (Å²) in [5.74, 6) is -3.20. The number of halogens is 3. The number of rotatable bonds is 7. The molecular weight excluding hydrogens is 488 g/mol. The lowest BCUT2D eigenvalue weighted by molar-refractivity contribution is -0.147. The van der Waals surface area contributed by atoms with E-state index in [-0.39, 0.29) is 40.6 Å². The maximum Gasteiger partial charge on any atom is 0.320 e. The van der Waals surface area contributed by atoms with Gasteiger partial charge >= 0.3 is 23.8 Å². The quantitative estimate of drug-likeness (QED) is 0.350. The molecule has 0 unspecified atom stereocenters. The number of methoxy groups -OCH3 is 1. The molecule has 4 rings (SSSR count). The lowest BCUT2D eigenvalue weighted by Crippen LogP contribution is -2.28. The first kappa shape index (κ1) is 24.3. The molecule has 0 aliphatic heterocycles. The zero-order valence-corrected chi connectivity index (χ0v) is 19.1. The molecule has 13 heteroatoms. The largest absolute Gasteiger partial charge is 0.474 e. The number of hydrogen-bond donors (Lipinski definition) is 2. The Morgan fingerprint density at radius 1 is 1.11 bits per heavy atom. The summed E-state index contributed by atoms with van der Waals surface area (Å²) in [6, 6.07) is 6.40. The summed E-state index contributed by atoms with van der Waals surface area (Å²) in [7, 11) is 1.36. The lowest BCUT2D eigenvalue weighted by atomic mass is 9.87. The minimum absolute atomic E-state index is 0.0595. The summed E-state index contributed by atoms with van der Waals surface area (Å²) in [5, 5.41) is 12.1. The van der Waals surface area contributed by atoms with Crippen LogP contribution in [0.5, 0.6) is 5.88 Å². The average Bonchev–Trinajstić information content (AvgIpc) is 3.32. The third-order valence-electron chi connectivity index (χ3n) is 5.36. The standard InChI is InChI=1S/C22H20ClF2N5O5/c1-33-21(32)11-2-5-13(6-3-11)34-17-9-8-16(18(25)28-17)27-19(31)20-29-30-22(35-20)26-12-4-7-15(24)14(23)10-12/h4,7-11,13H,2-3,5-6H2,1H3,(H,26,30)(H,27,31). The Bertz CT molecular complexity index is 1230. The Balaban J connectivity index is 1.33. The van der Waals surface area contributed by atoms with Gasteiger partial charge in [-0.05, 0) is 49.9 Å². The van der Waals surface area contributed by atoms with Crippen LogP contribution in [0.3, 0.4) is 0 Å². The van der Waals surface area contributed by atoms with Crippen LogP contribution in [0.25, 0.3) is 0 Å². The van der Waals surface area contributed by atoms with Crippen molar-refractivity contribution in [2.75, 3.05) is 17.7 Å². The molecule has 10 nitrogen and oxygen atoms in total. The molecule has 1 aliphatic rings. The number of anilines is 3. The molecule has 0 spiro atoms. The first-order valence-corrected chi connectivity index (χ1v) is 11.0. The van der Waals surface area contributed by atoms with E-state index in [1.165, 1.54) is 31.4 Å². The molecule has 35 heavy (non-hydrogen) atoms. The number of carbonyl (C=O) groups is 2. The van der Waals surface area contributed by atoms with Crippen LogP contribution in [-0.2, 0) is 9.53 Å². The van der Waals surface area contributed by atoms with Gasteiger partial charge in [-0.2, -0.15) is 9.37 Å². The highest BCUT2D eigenvalue weighted by Gasteiger charge is 2.28. The average molecular weight is 508 g/mol. The second kappa shape index (κ2) is 10.6. The fourth-order valence-corrected chi connectivity index (χ4v) is 3.75. The van der Waals surface area contributed by atoms with E-state index in [9.17, 15) is 18.4 Å². The van der Waals surface area contributed by atoms with E-state index in [4.69, 9.17) is 25.5 Å². The van der Waals surface area contributed by atoms with E-state index in [2.05, 4.69) is 25.8 Å². The monoisotopic (exact) mass is 507 g/mol. The molecule has 0 bridgehead atoms. The molecule has 1 amide bonds. The molecule has 2 N–H and O–H groups in total. The first-order valence-electron chi connectivity index (χ1n) is 10.6. The van der Waals surface area contributed by atoms with Gasteiger partial charge in [-0.3, -0.25) is 9.59 Å². The van der Waals surface area contributed by atoms with Gasteiger partial charge in [-0.25, -0.2) is 4.39 Å². The van der Waals surface area contributed by atoms with E-state index < -0.39 is 23.6 Å². The van der Waals surface area contributed by atoms with Gasteiger partial charge in [0.25, 0.3) is 0 Å². The van der Waals surface area contributed by atoms with Crippen molar-refractivity contribution in [1.82, 2.24) is 15.2 Å². The highest BCUT2D eigenvalue weighted by Crippen LogP contribution is 2.29. The molecule has 0 radical (unpaired) electrons. The van der Waals surface area contributed by atoms with Crippen molar-refractivity contribution in [3.05, 3.63) is 53.0 Å². The van der Waals surface area contributed by atoms with Crippen LogP contribution >= 0.6 is 11.6 Å². The van der Waals surface area contributed by atoms with Crippen molar-refractivity contribution < 1.29 is 32.3 Å². The number of hydrogen-bond acceptors (Lipinski definition) is 9. The number of esters is 1. The van der Waals surface area contributed by atoms with Crippen LogP contribution in [0.2, 0.25) is 5.02 Å². The van der Waals surface area contributed by atoms with Crippen molar-refractivity contribution in [3.63, 3.8) is 0 Å².